The van der Waals surface area contributed by atoms with Crippen LogP contribution < -0.4 is 16.4 Å². The van der Waals surface area contributed by atoms with Gasteiger partial charge >= 0.3 is 6.09 Å². The molecule has 0 bridgehead atoms. The molecule has 5 N–H and O–H groups in total. The first-order valence-corrected chi connectivity index (χ1v) is 14.0. The van der Waals surface area contributed by atoms with Gasteiger partial charge in [-0.3, -0.25) is 15.0 Å². The van der Waals surface area contributed by atoms with Crippen LogP contribution in [0.5, 0.6) is 0 Å². The van der Waals surface area contributed by atoms with Gasteiger partial charge in [0.2, 0.25) is 11.8 Å². The molecule has 1 saturated carbocycles. The van der Waals surface area contributed by atoms with E-state index in [4.69, 9.17) is 15.9 Å². The highest BCUT2D eigenvalue weighted by Gasteiger charge is 2.47. The Morgan fingerprint density at radius 3 is 2.43 bits per heavy atom. The van der Waals surface area contributed by atoms with Gasteiger partial charge < -0.3 is 26.0 Å². The van der Waals surface area contributed by atoms with Crippen LogP contribution in [0.15, 0.2) is 0 Å². The Morgan fingerprint density at radius 1 is 1.20 bits per heavy atom. The van der Waals surface area contributed by atoms with Crippen molar-refractivity contribution in [3.63, 3.8) is 0 Å². The summed E-state index contributed by atoms with van der Waals surface area (Å²) in [5, 5.41) is 13.8. The number of ether oxygens (including phenoxy) is 1. The van der Waals surface area contributed by atoms with Crippen molar-refractivity contribution in [3.05, 3.63) is 0 Å². The average Bonchev–Trinajstić information content (AvgIpc) is 3.25. The van der Waals surface area contributed by atoms with Crippen LogP contribution in [0.3, 0.4) is 0 Å². The quantitative estimate of drug-likeness (QED) is 0.248. The predicted octanol–water partition coefficient (Wildman–Crippen LogP) is 3.26. The maximum absolute atomic E-state index is 13.9. The van der Waals surface area contributed by atoms with Crippen LogP contribution in [-0.2, 0) is 14.3 Å². The number of nitrogens with two attached hydrogens (primary N) is 1. The van der Waals surface area contributed by atoms with Crippen molar-refractivity contribution < 1.29 is 19.1 Å². The molecule has 200 valence electrons. The molecule has 1 aliphatic heterocycles. The smallest absolute Gasteiger partial charge is 0.408 e. The van der Waals surface area contributed by atoms with E-state index in [0.29, 0.717) is 18.9 Å². The summed E-state index contributed by atoms with van der Waals surface area (Å²) in [6.07, 6.45) is 6.07. The Bertz CT molecular complexity index is 754. The first-order chi connectivity index (χ1) is 16.5. The van der Waals surface area contributed by atoms with Gasteiger partial charge in [-0.15, -0.1) is 0 Å². The highest BCUT2D eigenvalue weighted by atomic mass is 32.2. The third kappa shape index (κ3) is 8.58. The van der Waals surface area contributed by atoms with Crippen molar-refractivity contribution in [1.29, 1.82) is 5.41 Å². The van der Waals surface area contributed by atoms with Gasteiger partial charge in [0.25, 0.3) is 0 Å². The number of alkyl carbamates (subject to hydrolysis) is 1. The van der Waals surface area contributed by atoms with Gasteiger partial charge in [-0.1, -0.05) is 26.2 Å². The lowest BCUT2D eigenvalue weighted by Crippen LogP contribution is -2.60. The fraction of sp³-hybridized carbons (Fsp3) is 0.840. The van der Waals surface area contributed by atoms with Gasteiger partial charge in [-0.05, 0) is 65.0 Å². The molecule has 1 aliphatic carbocycles. The van der Waals surface area contributed by atoms with Gasteiger partial charge in [-0.2, -0.15) is 11.8 Å². The predicted molar refractivity (Wildman–Crippen MR) is 140 cm³/mol. The third-order valence-corrected chi connectivity index (χ3v) is 8.43. The lowest BCUT2D eigenvalue weighted by molar-refractivity contribution is -0.140. The molecule has 2 aliphatic rings. The standard InChI is InChI=1S/C25H45N5O4S/c1-6-12-35-25(4,5)20(29-24(33)34-16(2)3)23(32)30-15-18(21(26)27)13-19(30)22(31)28-14-17-10-8-7-9-11-17/h16-20H,6-15H2,1-5H3,(H3,26,27)(H,28,31)(H,29,33)/t18-,19+,20+/m1/s1. The first-order valence-electron chi connectivity index (χ1n) is 13.0. The van der Waals surface area contributed by atoms with Crippen LogP contribution in [0.1, 0.15) is 79.6 Å². The Kier molecular flexibility index (Phi) is 11.2. The van der Waals surface area contributed by atoms with E-state index in [-0.39, 0.29) is 36.2 Å². The molecule has 0 aromatic heterocycles. The van der Waals surface area contributed by atoms with Crippen molar-refractivity contribution in [1.82, 2.24) is 15.5 Å². The second-order valence-corrected chi connectivity index (χ2v) is 12.4. The summed E-state index contributed by atoms with van der Waals surface area (Å²) in [6, 6.07) is -1.62. The van der Waals surface area contributed by atoms with E-state index in [1.165, 1.54) is 24.2 Å². The second kappa shape index (κ2) is 13.4. The van der Waals surface area contributed by atoms with E-state index in [1.807, 2.05) is 13.8 Å². The molecule has 0 unspecified atom stereocenters. The normalized spacial score (nSPS) is 22.1. The van der Waals surface area contributed by atoms with E-state index < -0.39 is 22.9 Å². The fourth-order valence-corrected chi connectivity index (χ4v) is 5.88. The van der Waals surface area contributed by atoms with E-state index in [0.717, 1.165) is 25.0 Å². The van der Waals surface area contributed by atoms with E-state index in [2.05, 4.69) is 17.6 Å². The molecule has 0 aromatic carbocycles. The zero-order valence-corrected chi connectivity index (χ0v) is 22.8. The highest BCUT2D eigenvalue weighted by Crippen LogP contribution is 2.33. The molecule has 35 heavy (non-hydrogen) atoms. The minimum Gasteiger partial charge on any atom is -0.447 e. The molecule has 0 spiro atoms. The molecule has 0 aromatic rings. The number of likely N-dealkylation sites (tertiary alicyclic amines) is 1. The molecule has 3 amide bonds. The van der Waals surface area contributed by atoms with Crippen molar-refractivity contribution in [2.75, 3.05) is 18.8 Å². The molecule has 2 fully saturated rings. The van der Waals surface area contributed by atoms with Crippen LogP contribution in [0.25, 0.3) is 0 Å². The molecule has 2 rings (SSSR count). The molecular formula is C25H45N5O4S. The van der Waals surface area contributed by atoms with Gasteiger partial charge in [-0.25, -0.2) is 4.79 Å². The van der Waals surface area contributed by atoms with E-state index >= 15 is 0 Å². The zero-order chi connectivity index (χ0) is 26.2. The summed E-state index contributed by atoms with van der Waals surface area (Å²) in [5.74, 6) is 0.300. The Balaban J connectivity index is 2.23. The maximum atomic E-state index is 13.9. The monoisotopic (exact) mass is 511 g/mol. The van der Waals surface area contributed by atoms with Crippen LogP contribution in [0, 0.1) is 17.2 Å². The molecule has 10 heteroatoms. The molecule has 1 heterocycles. The number of hydrogen-bond donors (Lipinski definition) is 4. The van der Waals surface area contributed by atoms with Crippen molar-refractivity contribution >= 4 is 35.5 Å². The molecule has 9 nitrogen and oxygen atoms in total. The fourth-order valence-electron chi connectivity index (χ4n) is 4.82. The summed E-state index contributed by atoms with van der Waals surface area (Å²) in [4.78, 5) is 41.2. The van der Waals surface area contributed by atoms with Crippen molar-refractivity contribution in [2.24, 2.45) is 17.6 Å². The highest BCUT2D eigenvalue weighted by molar-refractivity contribution is 8.00. The minimum atomic E-state index is -0.898. The van der Waals surface area contributed by atoms with Crippen LogP contribution in [0.2, 0.25) is 0 Å². The van der Waals surface area contributed by atoms with Gasteiger partial charge in [0.15, 0.2) is 0 Å². The number of hydrogen-bond acceptors (Lipinski definition) is 6. The number of thioether (sulfide) groups is 1. The lowest BCUT2D eigenvalue weighted by atomic mass is 9.89. The summed E-state index contributed by atoms with van der Waals surface area (Å²) in [6.45, 7) is 10.2. The third-order valence-electron chi connectivity index (χ3n) is 6.84. The van der Waals surface area contributed by atoms with Gasteiger partial charge in [0, 0.05) is 23.8 Å². The molecule has 1 saturated heterocycles. The summed E-state index contributed by atoms with van der Waals surface area (Å²) < 4.78 is 4.63. The Morgan fingerprint density at radius 2 is 1.86 bits per heavy atom. The number of carbonyl (C=O) groups is 3. The second-order valence-electron chi connectivity index (χ2n) is 10.6. The van der Waals surface area contributed by atoms with Crippen LogP contribution in [0.4, 0.5) is 4.79 Å². The first kappa shape index (κ1) is 29.3. The largest absolute Gasteiger partial charge is 0.447 e. The zero-order valence-electron chi connectivity index (χ0n) is 22.0. The molecule has 3 atom stereocenters. The topological polar surface area (TPSA) is 138 Å². The van der Waals surface area contributed by atoms with Gasteiger partial charge in [0.05, 0.1) is 11.9 Å². The number of amidine groups is 1. The van der Waals surface area contributed by atoms with Crippen molar-refractivity contribution in [3.8, 4) is 0 Å². The lowest BCUT2D eigenvalue weighted by Gasteiger charge is -2.37. The Hall–Kier alpha value is -1.97. The minimum absolute atomic E-state index is 0.0336. The van der Waals surface area contributed by atoms with Crippen LogP contribution in [-0.4, -0.2) is 70.4 Å². The number of nitrogens with one attached hydrogen (secondary N) is 3. The summed E-state index contributed by atoms with van der Waals surface area (Å²) in [7, 11) is 0. The Labute approximate surface area is 214 Å². The van der Waals surface area contributed by atoms with E-state index in [9.17, 15) is 14.4 Å². The number of amides is 3. The number of carbonyl (C=O) groups excluding carboxylic acids is 3. The molecular weight excluding hydrogens is 466 g/mol. The average molecular weight is 512 g/mol. The molecule has 0 radical (unpaired) electrons. The summed E-state index contributed by atoms with van der Waals surface area (Å²) in [5.41, 5.74) is 5.80. The van der Waals surface area contributed by atoms with Crippen molar-refractivity contribution in [2.45, 2.75) is 102 Å². The van der Waals surface area contributed by atoms with Crippen LogP contribution >= 0.6 is 11.8 Å². The maximum Gasteiger partial charge on any atom is 0.408 e. The number of rotatable bonds is 11. The SMILES string of the molecule is CCCSC(C)(C)[C@@H](NC(=O)OC(C)C)C(=O)N1C[C@H](C(=N)N)C[C@H]1C(=O)NCC1CCCCC1. The number of nitrogens with zero attached hydrogens (tertiary/aromatic N) is 1. The van der Waals surface area contributed by atoms with Gasteiger partial charge in [0.1, 0.15) is 12.1 Å². The van der Waals surface area contributed by atoms with E-state index in [1.54, 1.807) is 25.6 Å². The summed E-state index contributed by atoms with van der Waals surface area (Å²) >= 11 is 1.60.